The number of hydrogen-bond donors (Lipinski definition) is 1. The molecule has 2 aromatic carbocycles. The van der Waals surface area contributed by atoms with Crippen LogP contribution in [0.3, 0.4) is 0 Å². The number of benzene rings is 2. The molecule has 0 saturated carbocycles. The van der Waals surface area contributed by atoms with Crippen LogP contribution < -0.4 is 14.8 Å². The first kappa shape index (κ1) is 22.6. The van der Waals surface area contributed by atoms with Crippen LogP contribution in [0.2, 0.25) is 5.02 Å². The Balaban J connectivity index is 1.45. The van der Waals surface area contributed by atoms with Crippen molar-refractivity contribution in [2.75, 3.05) is 13.7 Å². The van der Waals surface area contributed by atoms with Crippen LogP contribution in [0.25, 0.3) is 11.3 Å². The van der Waals surface area contributed by atoms with Crippen LogP contribution in [0.4, 0.5) is 8.78 Å². The highest BCUT2D eigenvalue weighted by Crippen LogP contribution is 2.30. The standard InChI is InChI=1S/C22H21ClF2N2O4/c1-29-18-12-14(6-7-17(18)31-22(24)25)10-11-26-20(28)8-9-21-27-13-19(30-21)15-4-2-3-5-16(15)23/h2-7,12-13,22H,8-11H2,1H3,(H,26,28). The average Bonchev–Trinajstić information content (AvgIpc) is 3.22. The molecule has 31 heavy (non-hydrogen) atoms. The Morgan fingerprint density at radius 3 is 2.74 bits per heavy atom. The van der Waals surface area contributed by atoms with E-state index in [0.29, 0.717) is 36.1 Å². The van der Waals surface area contributed by atoms with E-state index in [-0.39, 0.29) is 23.8 Å². The molecular weight excluding hydrogens is 430 g/mol. The summed E-state index contributed by atoms with van der Waals surface area (Å²) in [6, 6.07) is 12.0. The van der Waals surface area contributed by atoms with Crippen LogP contribution in [-0.4, -0.2) is 31.2 Å². The predicted molar refractivity (Wildman–Crippen MR) is 112 cm³/mol. The summed E-state index contributed by atoms with van der Waals surface area (Å²) in [5.74, 6) is 1.02. The number of rotatable bonds is 10. The zero-order valence-corrected chi connectivity index (χ0v) is 17.5. The third kappa shape index (κ3) is 6.42. The normalized spacial score (nSPS) is 10.9. The molecule has 3 rings (SSSR count). The number of aryl methyl sites for hydroxylation is 1. The Kier molecular flexibility index (Phi) is 7.83. The Hall–Kier alpha value is -3.13. The van der Waals surface area contributed by atoms with Gasteiger partial charge in [-0.25, -0.2) is 4.98 Å². The fraction of sp³-hybridized carbons (Fsp3) is 0.273. The molecule has 0 fully saturated rings. The van der Waals surface area contributed by atoms with Gasteiger partial charge < -0.3 is 19.2 Å². The van der Waals surface area contributed by atoms with Crippen molar-refractivity contribution in [1.82, 2.24) is 10.3 Å². The number of halogens is 3. The lowest BCUT2D eigenvalue weighted by molar-refractivity contribution is -0.121. The third-order valence-electron chi connectivity index (χ3n) is 4.44. The number of carbonyl (C=O) groups is 1. The maximum absolute atomic E-state index is 12.4. The second-order valence-corrected chi connectivity index (χ2v) is 6.97. The molecule has 6 nitrogen and oxygen atoms in total. The summed E-state index contributed by atoms with van der Waals surface area (Å²) in [4.78, 5) is 16.3. The number of methoxy groups -OCH3 is 1. The molecule has 1 heterocycles. The molecule has 3 aromatic rings. The van der Waals surface area contributed by atoms with Gasteiger partial charge in [-0.3, -0.25) is 4.79 Å². The minimum absolute atomic E-state index is 0.0348. The molecule has 0 bridgehead atoms. The molecule has 9 heteroatoms. The first-order valence-electron chi connectivity index (χ1n) is 9.54. The molecule has 0 atom stereocenters. The molecule has 0 radical (unpaired) electrons. The molecule has 164 valence electrons. The van der Waals surface area contributed by atoms with Crippen molar-refractivity contribution in [2.45, 2.75) is 25.9 Å². The number of amides is 1. The maximum atomic E-state index is 12.4. The van der Waals surface area contributed by atoms with Crippen molar-refractivity contribution >= 4 is 17.5 Å². The number of ether oxygens (including phenoxy) is 2. The minimum atomic E-state index is -2.93. The number of oxazole rings is 1. The van der Waals surface area contributed by atoms with Gasteiger partial charge in [-0.2, -0.15) is 8.78 Å². The first-order chi connectivity index (χ1) is 15.0. The zero-order valence-electron chi connectivity index (χ0n) is 16.7. The smallest absolute Gasteiger partial charge is 0.387 e. The highest BCUT2D eigenvalue weighted by atomic mass is 35.5. The Bertz CT molecular complexity index is 1030. The summed E-state index contributed by atoms with van der Waals surface area (Å²) in [5.41, 5.74) is 1.56. The van der Waals surface area contributed by atoms with Gasteiger partial charge in [-0.05, 0) is 36.2 Å². The van der Waals surface area contributed by atoms with Gasteiger partial charge in [0.25, 0.3) is 0 Å². The highest BCUT2D eigenvalue weighted by molar-refractivity contribution is 6.33. The summed E-state index contributed by atoms with van der Waals surface area (Å²) in [7, 11) is 1.37. The van der Waals surface area contributed by atoms with E-state index in [9.17, 15) is 13.6 Å². The largest absolute Gasteiger partial charge is 0.493 e. The molecule has 0 aliphatic rings. The Labute approximate surface area is 183 Å². The first-order valence-corrected chi connectivity index (χ1v) is 9.92. The Morgan fingerprint density at radius 1 is 1.19 bits per heavy atom. The molecule has 0 spiro atoms. The number of nitrogens with zero attached hydrogens (tertiary/aromatic N) is 1. The van der Waals surface area contributed by atoms with E-state index in [1.165, 1.54) is 13.2 Å². The quantitative estimate of drug-likeness (QED) is 0.475. The van der Waals surface area contributed by atoms with Crippen molar-refractivity contribution in [3.05, 3.63) is 65.1 Å². The second kappa shape index (κ2) is 10.8. The molecule has 0 aliphatic heterocycles. The topological polar surface area (TPSA) is 73.6 Å². The lowest BCUT2D eigenvalue weighted by Crippen LogP contribution is -2.25. The SMILES string of the molecule is COc1cc(CCNC(=O)CCc2ncc(-c3ccccc3Cl)o2)ccc1OC(F)F. The van der Waals surface area contributed by atoms with Gasteiger partial charge in [0, 0.05) is 24.9 Å². The van der Waals surface area contributed by atoms with Gasteiger partial charge >= 0.3 is 6.61 Å². The monoisotopic (exact) mass is 450 g/mol. The van der Waals surface area contributed by atoms with E-state index < -0.39 is 6.61 Å². The van der Waals surface area contributed by atoms with E-state index in [1.807, 2.05) is 18.2 Å². The number of nitrogens with one attached hydrogen (secondary N) is 1. The van der Waals surface area contributed by atoms with Crippen molar-refractivity contribution in [3.8, 4) is 22.8 Å². The molecule has 0 aliphatic carbocycles. The number of carbonyl (C=O) groups excluding carboxylic acids is 1. The third-order valence-corrected chi connectivity index (χ3v) is 4.77. The van der Waals surface area contributed by atoms with E-state index >= 15 is 0 Å². The van der Waals surface area contributed by atoms with Gasteiger partial charge in [0.1, 0.15) is 0 Å². The van der Waals surface area contributed by atoms with Crippen LogP contribution in [0.15, 0.2) is 53.1 Å². The number of hydrogen-bond acceptors (Lipinski definition) is 5. The fourth-order valence-corrected chi connectivity index (χ4v) is 3.16. The lowest BCUT2D eigenvalue weighted by atomic mass is 10.1. The van der Waals surface area contributed by atoms with E-state index in [0.717, 1.165) is 11.1 Å². The molecule has 1 amide bonds. The fourth-order valence-electron chi connectivity index (χ4n) is 2.93. The van der Waals surface area contributed by atoms with Gasteiger partial charge in [0.05, 0.1) is 18.3 Å². The van der Waals surface area contributed by atoms with Gasteiger partial charge in [-0.15, -0.1) is 0 Å². The molecule has 1 N–H and O–H groups in total. The van der Waals surface area contributed by atoms with Gasteiger partial charge in [-0.1, -0.05) is 29.8 Å². The number of aromatic nitrogens is 1. The predicted octanol–water partition coefficient (Wildman–Crippen LogP) is 4.90. The van der Waals surface area contributed by atoms with E-state index in [1.54, 1.807) is 24.4 Å². The molecule has 1 aromatic heterocycles. The highest BCUT2D eigenvalue weighted by Gasteiger charge is 2.13. The van der Waals surface area contributed by atoms with Crippen molar-refractivity contribution < 1.29 is 27.5 Å². The molecule has 0 unspecified atom stereocenters. The van der Waals surface area contributed by atoms with Crippen LogP contribution in [-0.2, 0) is 17.6 Å². The number of alkyl halides is 2. The van der Waals surface area contributed by atoms with Crippen molar-refractivity contribution in [2.24, 2.45) is 0 Å². The van der Waals surface area contributed by atoms with E-state index in [2.05, 4.69) is 15.0 Å². The average molecular weight is 451 g/mol. The lowest BCUT2D eigenvalue weighted by Gasteiger charge is -2.11. The minimum Gasteiger partial charge on any atom is -0.493 e. The summed E-state index contributed by atoms with van der Waals surface area (Å²) in [6.45, 7) is -2.54. The van der Waals surface area contributed by atoms with Crippen LogP contribution in [0.5, 0.6) is 11.5 Å². The molecular formula is C22H21ClF2N2O4. The summed E-state index contributed by atoms with van der Waals surface area (Å²) >= 11 is 6.15. The van der Waals surface area contributed by atoms with Crippen molar-refractivity contribution in [3.63, 3.8) is 0 Å². The zero-order chi connectivity index (χ0) is 22.2. The summed E-state index contributed by atoms with van der Waals surface area (Å²) in [5, 5.41) is 3.38. The molecule has 0 saturated heterocycles. The van der Waals surface area contributed by atoms with Crippen LogP contribution in [0, 0.1) is 0 Å². The second-order valence-electron chi connectivity index (χ2n) is 6.56. The van der Waals surface area contributed by atoms with Gasteiger partial charge in [0.2, 0.25) is 5.91 Å². The maximum Gasteiger partial charge on any atom is 0.387 e. The van der Waals surface area contributed by atoms with Crippen LogP contribution in [0.1, 0.15) is 17.9 Å². The summed E-state index contributed by atoms with van der Waals surface area (Å²) < 4.78 is 39.9. The Morgan fingerprint density at radius 2 is 2.00 bits per heavy atom. The van der Waals surface area contributed by atoms with Gasteiger partial charge in [0.15, 0.2) is 23.1 Å². The van der Waals surface area contributed by atoms with E-state index in [4.69, 9.17) is 20.8 Å². The summed E-state index contributed by atoms with van der Waals surface area (Å²) in [6.07, 6.45) is 2.66. The van der Waals surface area contributed by atoms with Crippen LogP contribution >= 0.6 is 11.6 Å². The van der Waals surface area contributed by atoms with Crippen molar-refractivity contribution in [1.29, 1.82) is 0 Å².